The topological polar surface area (TPSA) is 117 Å². The van der Waals surface area contributed by atoms with Gasteiger partial charge >= 0.3 is 0 Å². The van der Waals surface area contributed by atoms with Crippen molar-refractivity contribution >= 4 is 11.8 Å². The SMILES string of the molecule is Cc1c(CCC(=O)NCCOCCOCCNC(=O)CCc2cc(C(C)(C)C)c(O)c(C)c2C)cc(C(C)(C)C)c(O)c1C. The molecule has 0 bridgehead atoms. The van der Waals surface area contributed by atoms with Crippen molar-refractivity contribution in [1.82, 2.24) is 10.6 Å². The molecule has 2 rings (SSSR count). The van der Waals surface area contributed by atoms with Gasteiger partial charge in [-0.15, -0.1) is 0 Å². The predicted octanol–water partition coefficient (Wildman–Crippen LogP) is 5.76. The molecule has 0 fully saturated rings. The summed E-state index contributed by atoms with van der Waals surface area (Å²) in [5.41, 5.74) is 7.41. The average Bonchev–Trinajstić information content (AvgIpc) is 2.93. The number of carbonyl (C=O) groups excluding carboxylic acids is 2. The number of rotatable bonds is 15. The maximum absolute atomic E-state index is 12.4. The average molecular weight is 613 g/mol. The first-order chi connectivity index (χ1) is 20.4. The summed E-state index contributed by atoms with van der Waals surface area (Å²) in [6, 6.07) is 4.06. The molecule has 0 aliphatic heterocycles. The van der Waals surface area contributed by atoms with Gasteiger partial charge in [0.05, 0.1) is 26.4 Å². The Morgan fingerprint density at radius 3 is 1.27 bits per heavy atom. The third-order valence-electron chi connectivity index (χ3n) is 8.31. The van der Waals surface area contributed by atoms with Crippen molar-refractivity contribution in [3.63, 3.8) is 0 Å². The fraction of sp³-hybridized carbons (Fsp3) is 0.611. The van der Waals surface area contributed by atoms with Crippen LogP contribution >= 0.6 is 0 Å². The van der Waals surface area contributed by atoms with Crippen LogP contribution in [0.1, 0.15) is 98.9 Å². The highest BCUT2D eigenvalue weighted by atomic mass is 16.5. The highest BCUT2D eigenvalue weighted by Gasteiger charge is 2.23. The lowest BCUT2D eigenvalue weighted by Gasteiger charge is -2.24. The third kappa shape index (κ3) is 10.8. The second kappa shape index (κ2) is 16.3. The zero-order valence-corrected chi connectivity index (χ0v) is 28.8. The van der Waals surface area contributed by atoms with Crippen molar-refractivity contribution in [3.8, 4) is 11.5 Å². The fourth-order valence-electron chi connectivity index (χ4n) is 5.13. The normalized spacial score (nSPS) is 12.0. The molecule has 44 heavy (non-hydrogen) atoms. The lowest BCUT2D eigenvalue weighted by molar-refractivity contribution is -0.122. The Bertz CT molecular complexity index is 1190. The monoisotopic (exact) mass is 612 g/mol. The molecular formula is C36H56N2O6. The third-order valence-corrected chi connectivity index (χ3v) is 8.31. The summed E-state index contributed by atoms with van der Waals surface area (Å²) in [6.07, 6.45) is 1.97. The fourth-order valence-corrected chi connectivity index (χ4v) is 5.13. The summed E-state index contributed by atoms with van der Waals surface area (Å²) in [5, 5.41) is 26.9. The molecule has 2 aromatic carbocycles. The van der Waals surface area contributed by atoms with Crippen molar-refractivity contribution < 1.29 is 29.3 Å². The van der Waals surface area contributed by atoms with E-state index in [2.05, 4.69) is 52.2 Å². The van der Waals surface area contributed by atoms with Crippen LogP contribution < -0.4 is 10.6 Å². The number of amides is 2. The number of hydrogen-bond donors (Lipinski definition) is 4. The lowest BCUT2D eigenvalue weighted by Crippen LogP contribution is -2.29. The van der Waals surface area contributed by atoms with E-state index in [-0.39, 0.29) is 22.6 Å². The maximum Gasteiger partial charge on any atom is 0.220 e. The van der Waals surface area contributed by atoms with Crippen LogP contribution in [0.2, 0.25) is 0 Å². The number of carbonyl (C=O) groups is 2. The highest BCUT2D eigenvalue weighted by molar-refractivity contribution is 5.76. The molecule has 0 atom stereocenters. The number of aromatic hydroxyl groups is 2. The number of aryl methyl sites for hydroxylation is 2. The first-order valence-corrected chi connectivity index (χ1v) is 15.8. The molecule has 0 heterocycles. The van der Waals surface area contributed by atoms with Gasteiger partial charge in [-0.3, -0.25) is 9.59 Å². The Hall–Kier alpha value is -3.10. The molecular weight excluding hydrogens is 556 g/mol. The molecule has 0 aromatic heterocycles. The summed E-state index contributed by atoms with van der Waals surface area (Å²) in [5.74, 6) is 0.619. The minimum Gasteiger partial charge on any atom is -0.507 e. The number of phenols is 2. The van der Waals surface area contributed by atoms with Crippen LogP contribution in [0.15, 0.2) is 12.1 Å². The van der Waals surface area contributed by atoms with E-state index < -0.39 is 0 Å². The standard InChI is InChI=1S/C36H56N2O6/c1-23-25(3)33(41)29(35(5,6)7)21-27(23)11-13-31(39)37-15-17-43-19-20-44-18-16-38-32(40)14-12-28-22-30(36(8,9)10)34(42)26(4)24(28)2/h21-22,41-42H,11-20H2,1-10H3,(H,37,39)(H,38,40). The van der Waals surface area contributed by atoms with E-state index in [9.17, 15) is 19.8 Å². The van der Waals surface area contributed by atoms with Crippen LogP contribution in [0.4, 0.5) is 0 Å². The van der Waals surface area contributed by atoms with Crippen molar-refractivity contribution in [1.29, 1.82) is 0 Å². The van der Waals surface area contributed by atoms with Crippen molar-refractivity contribution in [2.75, 3.05) is 39.5 Å². The lowest BCUT2D eigenvalue weighted by atomic mass is 9.82. The minimum atomic E-state index is -0.181. The quantitative estimate of drug-likeness (QED) is 0.190. The molecule has 4 N–H and O–H groups in total. The molecule has 2 aromatic rings. The van der Waals surface area contributed by atoms with E-state index in [0.717, 1.165) is 44.5 Å². The second-order valence-corrected chi connectivity index (χ2v) is 13.8. The van der Waals surface area contributed by atoms with E-state index in [1.807, 2.05) is 39.8 Å². The number of hydrogen-bond acceptors (Lipinski definition) is 6. The highest BCUT2D eigenvalue weighted by Crippen LogP contribution is 2.37. The van der Waals surface area contributed by atoms with Crippen LogP contribution in [0.3, 0.4) is 0 Å². The molecule has 8 nitrogen and oxygen atoms in total. The zero-order valence-electron chi connectivity index (χ0n) is 28.8. The van der Waals surface area contributed by atoms with Gasteiger partial charge in [-0.25, -0.2) is 0 Å². The Morgan fingerprint density at radius 2 is 0.955 bits per heavy atom. The van der Waals surface area contributed by atoms with Crippen molar-refractivity contribution in [3.05, 3.63) is 56.6 Å². The molecule has 0 saturated heterocycles. The molecule has 2 amide bonds. The van der Waals surface area contributed by atoms with E-state index in [1.54, 1.807) is 0 Å². The molecule has 0 spiro atoms. The van der Waals surface area contributed by atoms with Crippen LogP contribution in [0.5, 0.6) is 11.5 Å². The van der Waals surface area contributed by atoms with Crippen molar-refractivity contribution in [2.24, 2.45) is 0 Å². The smallest absolute Gasteiger partial charge is 0.220 e. The largest absolute Gasteiger partial charge is 0.507 e. The van der Waals surface area contributed by atoms with Gasteiger partial charge < -0.3 is 30.3 Å². The molecule has 8 heteroatoms. The minimum absolute atomic E-state index is 0.0339. The van der Waals surface area contributed by atoms with E-state index in [4.69, 9.17) is 9.47 Å². The van der Waals surface area contributed by atoms with Gasteiger partial charge in [0, 0.05) is 25.9 Å². The van der Waals surface area contributed by atoms with Crippen molar-refractivity contribution in [2.45, 2.75) is 106 Å². The van der Waals surface area contributed by atoms with Gasteiger partial charge in [-0.05, 0) is 95.9 Å². The predicted molar refractivity (Wildman–Crippen MR) is 177 cm³/mol. The van der Waals surface area contributed by atoms with Crippen LogP contribution in [0.25, 0.3) is 0 Å². The van der Waals surface area contributed by atoms with E-state index in [0.29, 0.717) is 76.7 Å². The van der Waals surface area contributed by atoms with Gasteiger partial charge in [0.25, 0.3) is 0 Å². The second-order valence-electron chi connectivity index (χ2n) is 13.8. The van der Waals surface area contributed by atoms with Gasteiger partial charge in [0.2, 0.25) is 11.8 Å². The van der Waals surface area contributed by atoms with Gasteiger partial charge in [0.1, 0.15) is 11.5 Å². The number of phenolic OH excluding ortho intramolecular Hbond substituents is 2. The van der Waals surface area contributed by atoms with E-state index >= 15 is 0 Å². The summed E-state index contributed by atoms with van der Waals surface area (Å²) in [6.45, 7) is 22.7. The van der Waals surface area contributed by atoms with Crippen LogP contribution in [-0.4, -0.2) is 61.5 Å². The summed E-state index contributed by atoms with van der Waals surface area (Å²) in [7, 11) is 0. The molecule has 0 aliphatic carbocycles. The Kier molecular flexibility index (Phi) is 13.7. The van der Waals surface area contributed by atoms with E-state index in [1.165, 1.54) is 0 Å². The molecule has 0 aliphatic rings. The first-order valence-electron chi connectivity index (χ1n) is 15.8. The van der Waals surface area contributed by atoms with Crippen LogP contribution in [-0.2, 0) is 42.7 Å². The Balaban J connectivity index is 1.58. The van der Waals surface area contributed by atoms with Crippen LogP contribution in [0, 0.1) is 27.7 Å². The number of nitrogens with one attached hydrogen (secondary N) is 2. The summed E-state index contributed by atoms with van der Waals surface area (Å²) >= 11 is 0. The molecule has 0 saturated carbocycles. The summed E-state index contributed by atoms with van der Waals surface area (Å²) in [4.78, 5) is 24.7. The zero-order chi connectivity index (χ0) is 33.2. The first kappa shape index (κ1) is 37.1. The number of benzene rings is 2. The molecule has 0 unspecified atom stereocenters. The number of ether oxygens (including phenoxy) is 2. The molecule has 246 valence electrons. The summed E-state index contributed by atoms with van der Waals surface area (Å²) < 4.78 is 11.1. The van der Waals surface area contributed by atoms with Gasteiger partial charge in [-0.1, -0.05) is 53.7 Å². The van der Waals surface area contributed by atoms with Gasteiger partial charge in [-0.2, -0.15) is 0 Å². The van der Waals surface area contributed by atoms with Gasteiger partial charge in [0.15, 0.2) is 0 Å². The maximum atomic E-state index is 12.4. The Labute approximate surface area is 264 Å². The molecule has 0 radical (unpaired) electrons. The Morgan fingerprint density at radius 1 is 0.614 bits per heavy atom.